The van der Waals surface area contributed by atoms with Crippen LogP contribution in [0.15, 0.2) is 0 Å². The van der Waals surface area contributed by atoms with E-state index in [0.29, 0.717) is 37.4 Å². The summed E-state index contributed by atoms with van der Waals surface area (Å²) in [4.78, 5) is 24.2. The first-order valence-electron chi connectivity index (χ1n) is 13.5. The quantitative estimate of drug-likeness (QED) is 0.315. The Morgan fingerprint density at radius 2 is 1.22 bits per heavy atom. The van der Waals surface area contributed by atoms with E-state index in [-0.39, 0.29) is 25.3 Å². The Hall–Kier alpha value is -0.940. The van der Waals surface area contributed by atoms with E-state index in [2.05, 4.69) is 0 Å². The zero-order valence-corrected chi connectivity index (χ0v) is 20.0. The highest BCUT2D eigenvalue weighted by Gasteiger charge is 2.39. The number of Topliss-reactive ketones (excluding diaryl/α,β-unsaturated/α-hetero) is 1. The minimum absolute atomic E-state index is 0.0916. The summed E-state index contributed by atoms with van der Waals surface area (Å²) in [5, 5.41) is 17.7. The van der Waals surface area contributed by atoms with Gasteiger partial charge in [0.05, 0.1) is 0 Å². The predicted octanol–water partition coefficient (Wildman–Crippen LogP) is 5.21. The Kier molecular flexibility index (Phi) is 11.0. The van der Waals surface area contributed by atoms with Gasteiger partial charge in [-0.3, -0.25) is 9.59 Å². The van der Waals surface area contributed by atoms with Crippen LogP contribution in [0.1, 0.15) is 109 Å². The SMILES string of the molecule is O=C(CCCCO)CC1CCC2CC(C3CCC(OC(=O)CCCCO)CC3)CCC2C1. The van der Waals surface area contributed by atoms with Gasteiger partial charge in [-0.25, -0.2) is 0 Å². The average molecular weight is 451 g/mol. The van der Waals surface area contributed by atoms with Crippen LogP contribution in [0, 0.1) is 29.6 Å². The summed E-state index contributed by atoms with van der Waals surface area (Å²) in [7, 11) is 0. The maximum absolute atomic E-state index is 12.2. The molecule has 0 aromatic rings. The van der Waals surface area contributed by atoms with Crippen molar-refractivity contribution in [2.75, 3.05) is 13.2 Å². The van der Waals surface area contributed by atoms with E-state index in [4.69, 9.17) is 14.9 Å². The number of fused-ring (bicyclic) bond motifs is 1. The Bertz CT molecular complexity index is 566. The van der Waals surface area contributed by atoms with Crippen molar-refractivity contribution in [1.29, 1.82) is 0 Å². The summed E-state index contributed by atoms with van der Waals surface area (Å²) >= 11 is 0. The van der Waals surface area contributed by atoms with Gasteiger partial charge >= 0.3 is 5.97 Å². The molecule has 0 amide bonds. The molecule has 4 unspecified atom stereocenters. The third-order valence-electron chi connectivity index (χ3n) is 8.61. The summed E-state index contributed by atoms with van der Waals surface area (Å²) in [6.07, 6.45) is 17.2. The number of ether oxygens (including phenoxy) is 1. The van der Waals surface area contributed by atoms with Gasteiger partial charge in [-0.15, -0.1) is 0 Å². The maximum atomic E-state index is 12.2. The van der Waals surface area contributed by atoms with Gasteiger partial charge < -0.3 is 14.9 Å². The van der Waals surface area contributed by atoms with Crippen molar-refractivity contribution >= 4 is 11.8 Å². The second kappa shape index (κ2) is 13.7. The van der Waals surface area contributed by atoms with Gasteiger partial charge in [0.2, 0.25) is 0 Å². The van der Waals surface area contributed by atoms with Crippen LogP contribution in [0.4, 0.5) is 0 Å². The van der Waals surface area contributed by atoms with E-state index in [1.54, 1.807) is 0 Å². The molecule has 5 heteroatoms. The van der Waals surface area contributed by atoms with E-state index in [1.807, 2.05) is 0 Å². The molecule has 0 aromatic heterocycles. The van der Waals surface area contributed by atoms with E-state index in [0.717, 1.165) is 55.8 Å². The molecule has 3 saturated carbocycles. The van der Waals surface area contributed by atoms with Gasteiger partial charge in [-0.2, -0.15) is 0 Å². The van der Waals surface area contributed by atoms with Gasteiger partial charge in [0.1, 0.15) is 11.9 Å². The van der Waals surface area contributed by atoms with Crippen molar-refractivity contribution < 1.29 is 24.5 Å². The molecular formula is C27H46O5. The first kappa shape index (κ1) is 25.7. The molecule has 0 aliphatic heterocycles. The van der Waals surface area contributed by atoms with Crippen molar-refractivity contribution in [3.63, 3.8) is 0 Å². The number of hydrogen-bond acceptors (Lipinski definition) is 5. The third-order valence-corrected chi connectivity index (χ3v) is 8.61. The molecule has 2 N–H and O–H groups in total. The van der Waals surface area contributed by atoms with Crippen molar-refractivity contribution in [2.45, 2.75) is 115 Å². The molecule has 0 bridgehead atoms. The fraction of sp³-hybridized carbons (Fsp3) is 0.926. The second-order valence-electron chi connectivity index (χ2n) is 10.9. The van der Waals surface area contributed by atoms with Crippen LogP contribution in [0.25, 0.3) is 0 Å². The fourth-order valence-electron chi connectivity index (χ4n) is 6.80. The van der Waals surface area contributed by atoms with Gasteiger partial charge in [-0.05, 0) is 119 Å². The van der Waals surface area contributed by atoms with E-state index in [1.165, 1.54) is 51.4 Å². The molecule has 0 radical (unpaired) electrons. The highest BCUT2D eigenvalue weighted by molar-refractivity contribution is 5.78. The monoisotopic (exact) mass is 450 g/mol. The summed E-state index contributed by atoms with van der Waals surface area (Å²) in [5.74, 6) is 4.23. The van der Waals surface area contributed by atoms with Gasteiger partial charge in [0.25, 0.3) is 0 Å². The maximum Gasteiger partial charge on any atom is 0.306 e. The second-order valence-corrected chi connectivity index (χ2v) is 10.9. The number of aliphatic hydroxyl groups is 2. The average Bonchev–Trinajstić information content (AvgIpc) is 2.79. The largest absolute Gasteiger partial charge is 0.462 e. The van der Waals surface area contributed by atoms with Crippen LogP contribution in [-0.4, -0.2) is 41.3 Å². The van der Waals surface area contributed by atoms with Crippen molar-refractivity contribution in [3.05, 3.63) is 0 Å². The topological polar surface area (TPSA) is 83.8 Å². The number of aliphatic hydroxyl groups excluding tert-OH is 2. The van der Waals surface area contributed by atoms with Crippen LogP contribution < -0.4 is 0 Å². The van der Waals surface area contributed by atoms with Gasteiger partial charge in [0.15, 0.2) is 0 Å². The Balaban J connectivity index is 1.33. The molecule has 3 aliphatic carbocycles. The Labute approximate surface area is 194 Å². The standard InChI is InChI=1S/C27H46O5/c28-15-3-1-5-25(30)18-20-7-8-24-19-23(10-9-22(24)17-20)21-11-13-26(14-12-21)32-27(31)6-2-4-16-29/h20-24,26,28-29H,1-19H2. The number of hydrogen-bond donors (Lipinski definition) is 2. The van der Waals surface area contributed by atoms with Gasteiger partial charge in [0, 0.05) is 32.5 Å². The first-order chi connectivity index (χ1) is 15.6. The lowest BCUT2D eigenvalue weighted by atomic mass is 9.61. The molecule has 32 heavy (non-hydrogen) atoms. The molecule has 0 spiro atoms. The Morgan fingerprint density at radius 3 is 1.91 bits per heavy atom. The minimum Gasteiger partial charge on any atom is -0.462 e. The zero-order chi connectivity index (χ0) is 22.8. The molecular weight excluding hydrogens is 404 g/mol. The van der Waals surface area contributed by atoms with Crippen LogP contribution in [-0.2, 0) is 14.3 Å². The van der Waals surface area contributed by atoms with Crippen molar-refractivity contribution in [3.8, 4) is 0 Å². The van der Waals surface area contributed by atoms with Crippen molar-refractivity contribution in [1.82, 2.24) is 0 Å². The van der Waals surface area contributed by atoms with Gasteiger partial charge in [-0.1, -0.05) is 0 Å². The van der Waals surface area contributed by atoms with Crippen molar-refractivity contribution in [2.24, 2.45) is 29.6 Å². The lowest BCUT2D eigenvalue weighted by molar-refractivity contribution is -0.151. The first-order valence-corrected chi connectivity index (χ1v) is 13.5. The molecule has 0 aromatic carbocycles. The zero-order valence-electron chi connectivity index (χ0n) is 20.0. The predicted molar refractivity (Wildman–Crippen MR) is 125 cm³/mol. The lowest BCUT2D eigenvalue weighted by Gasteiger charge is -2.45. The van der Waals surface area contributed by atoms with E-state index >= 15 is 0 Å². The summed E-state index contributed by atoms with van der Waals surface area (Å²) in [6.45, 7) is 0.339. The molecule has 184 valence electrons. The summed E-state index contributed by atoms with van der Waals surface area (Å²) in [5.41, 5.74) is 0. The summed E-state index contributed by atoms with van der Waals surface area (Å²) < 4.78 is 5.67. The molecule has 3 aliphatic rings. The number of rotatable bonds is 12. The lowest BCUT2D eigenvalue weighted by Crippen LogP contribution is -2.35. The van der Waals surface area contributed by atoms with Crippen LogP contribution in [0.5, 0.6) is 0 Å². The van der Waals surface area contributed by atoms with E-state index in [9.17, 15) is 9.59 Å². The smallest absolute Gasteiger partial charge is 0.306 e. The molecule has 3 rings (SSSR count). The number of unbranched alkanes of at least 4 members (excludes halogenated alkanes) is 2. The highest BCUT2D eigenvalue weighted by Crippen LogP contribution is 2.49. The normalized spacial score (nSPS) is 32.8. The molecule has 0 saturated heterocycles. The minimum atomic E-state index is -0.0916. The van der Waals surface area contributed by atoms with Crippen LogP contribution >= 0.6 is 0 Å². The van der Waals surface area contributed by atoms with Crippen LogP contribution in [0.3, 0.4) is 0 Å². The third kappa shape index (κ3) is 8.13. The number of ketones is 1. The molecule has 3 fully saturated rings. The number of carbonyl (C=O) groups is 2. The Morgan fingerprint density at radius 1 is 0.656 bits per heavy atom. The fourth-order valence-corrected chi connectivity index (χ4v) is 6.80. The van der Waals surface area contributed by atoms with E-state index < -0.39 is 0 Å². The molecule has 4 atom stereocenters. The summed E-state index contributed by atoms with van der Waals surface area (Å²) in [6, 6.07) is 0. The highest BCUT2D eigenvalue weighted by atomic mass is 16.5. The number of esters is 1. The molecule has 0 heterocycles. The molecule has 5 nitrogen and oxygen atoms in total. The van der Waals surface area contributed by atoms with Crippen LogP contribution in [0.2, 0.25) is 0 Å². The number of carbonyl (C=O) groups excluding carboxylic acids is 2.